The Kier molecular flexibility index (Phi) is 5.09. The fourth-order valence-electron chi connectivity index (χ4n) is 1.54. The van der Waals surface area contributed by atoms with Gasteiger partial charge in [-0.1, -0.05) is 30.1 Å². The third-order valence-electron chi connectivity index (χ3n) is 2.55. The molecule has 1 aromatic rings. The first kappa shape index (κ1) is 14.1. The molecule has 0 saturated carbocycles. The van der Waals surface area contributed by atoms with Crippen LogP contribution in [-0.2, 0) is 4.79 Å². The van der Waals surface area contributed by atoms with Crippen molar-refractivity contribution in [3.63, 3.8) is 0 Å². The van der Waals surface area contributed by atoms with Gasteiger partial charge in [-0.05, 0) is 25.1 Å². The van der Waals surface area contributed by atoms with E-state index in [0.29, 0.717) is 23.1 Å². The van der Waals surface area contributed by atoms with Crippen LogP contribution in [0.4, 0.5) is 5.69 Å². The Hall–Kier alpha value is -0.930. The summed E-state index contributed by atoms with van der Waals surface area (Å²) in [6.45, 7) is 4.75. The van der Waals surface area contributed by atoms with E-state index in [1.165, 1.54) is 0 Å². The number of carboxylic acid groups (broad SMARTS) is 1. The molecule has 5 heteroatoms. The van der Waals surface area contributed by atoms with Crippen molar-refractivity contribution >= 4 is 34.9 Å². The summed E-state index contributed by atoms with van der Waals surface area (Å²) in [6.07, 6.45) is 0. The van der Waals surface area contributed by atoms with Gasteiger partial charge in [0.2, 0.25) is 0 Å². The molecule has 1 N–H and O–H groups in total. The first-order valence-corrected chi connectivity index (χ1v) is 6.14. The Morgan fingerprint density at radius 1 is 1.47 bits per heavy atom. The Morgan fingerprint density at radius 3 is 2.59 bits per heavy atom. The van der Waals surface area contributed by atoms with Crippen molar-refractivity contribution in [3.05, 3.63) is 28.2 Å². The predicted octanol–water partition coefficient (Wildman–Crippen LogP) is 3.54. The molecule has 17 heavy (non-hydrogen) atoms. The number of hydrogen-bond donors (Lipinski definition) is 1. The van der Waals surface area contributed by atoms with Crippen molar-refractivity contribution in [3.8, 4) is 0 Å². The molecule has 94 valence electrons. The summed E-state index contributed by atoms with van der Waals surface area (Å²) < 4.78 is 0. The highest BCUT2D eigenvalue weighted by atomic mass is 35.5. The fourth-order valence-corrected chi connectivity index (χ4v) is 2.07. The molecule has 0 aliphatic heterocycles. The zero-order valence-corrected chi connectivity index (χ0v) is 11.3. The number of nitrogens with zero attached hydrogens (tertiary/aromatic N) is 1. The van der Waals surface area contributed by atoms with Gasteiger partial charge in [-0.15, -0.1) is 0 Å². The molecule has 0 spiro atoms. The largest absolute Gasteiger partial charge is 0.481 e. The lowest BCUT2D eigenvalue weighted by Gasteiger charge is -2.26. The molecule has 0 amide bonds. The molecule has 1 rings (SSSR count). The summed E-state index contributed by atoms with van der Waals surface area (Å²) in [5.74, 6) is -1.25. The minimum absolute atomic E-state index is 0.424. The van der Waals surface area contributed by atoms with Crippen molar-refractivity contribution in [1.82, 2.24) is 0 Å². The van der Waals surface area contributed by atoms with E-state index in [1.54, 1.807) is 19.1 Å². The maximum absolute atomic E-state index is 10.8. The summed E-state index contributed by atoms with van der Waals surface area (Å²) in [4.78, 5) is 12.8. The first-order valence-electron chi connectivity index (χ1n) is 5.38. The molecule has 3 nitrogen and oxygen atoms in total. The van der Waals surface area contributed by atoms with Crippen molar-refractivity contribution in [2.24, 2.45) is 5.92 Å². The average Bonchev–Trinajstić information content (AvgIpc) is 2.26. The molecule has 0 aliphatic carbocycles. The van der Waals surface area contributed by atoms with Crippen LogP contribution in [0.3, 0.4) is 0 Å². The standard InChI is InChI=1S/C12H15Cl2NO2/c1-3-15(7-8(2)12(16)17)11-5-4-9(13)6-10(11)14/h4-6,8H,3,7H2,1-2H3,(H,16,17). The monoisotopic (exact) mass is 275 g/mol. The van der Waals surface area contributed by atoms with Crippen LogP contribution in [0.25, 0.3) is 0 Å². The Bertz CT molecular complexity index is 409. The summed E-state index contributed by atoms with van der Waals surface area (Å²) in [5.41, 5.74) is 0.812. The molecule has 0 radical (unpaired) electrons. The van der Waals surface area contributed by atoms with Crippen LogP contribution in [0, 0.1) is 5.92 Å². The number of carboxylic acids is 1. The van der Waals surface area contributed by atoms with E-state index in [1.807, 2.05) is 17.9 Å². The molecular weight excluding hydrogens is 261 g/mol. The van der Waals surface area contributed by atoms with Crippen molar-refractivity contribution in [1.29, 1.82) is 0 Å². The van der Waals surface area contributed by atoms with Crippen molar-refractivity contribution in [2.45, 2.75) is 13.8 Å². The smallest absolute Gasteiger partial charge is 0.308 e. The van der Waals surface area contributed by atoms with Gasteiger partial charge in [0.15, 0.2) is 0 Å². The Balaban J connectivity index is 2.90. The van der Waals surface area contributed by atoms with Gasteiger partial charge in [-0.2, -0.15) is 0 Å². The van der Waals surface area contributed by atoms with Gasteiger partial charge in [-0.25, -0.2) is 0 Å². The predicted molar refractivity (Wildman–Crippen MR) is 71.1 cm³/mol. The number of rotatable bonds is 5. The van der Waals surface area contributed by atoms with Crippen molar-refractivity contribution in [2.75, 3.05) is 18.0 Å². The number of carbonyl (C=O) groups is 1. The minimum Gasteiger partial charge on any atom is -0.481 e. The molecule has 0 bridgehead atoms. The van der Waals surface area contributed by atoms with Crippen LogP contribution >= 0.6 is 23.2 Å². The minimum atomic E-state index is -0.812. The van der Waals surface area contributed by atoms with Gasteiger partial charge in [0.25, 0.3) is 0 Å². The van der Waals surface area contributed by atoms with E-state index in [0.717, 1.165) is 5.69 Å². The second-order valence-electron chi connectivity index (χ2n) is 3.87. The lowest BCUT2D eigenvalue weighted by atomic mass is 10.1. The summed E-state index contributed by atoms with van der Waals surface area (Å²) in [7, 11) is 0. The van der Waals surface area contributed by atoms with Crippen LogP contribution < -0.4 is 4.90 Å². The van der Waals surface area contributed by atoms with E-state index in [9.17, 15) is 4.79 Å². The Morgan fingerprint density at radius 2 is 2.12 bits per heavy atom. The lowest BCUT2D eigenvalue weighted by molar-refractivity contribution is -0.140. The molecule has 0 aromatic heterocycles. The highest BCUT2D eigenvalue weighted by molar-refractivity contribution is 6.36. The maximum Gasteiger partial charge on any atom is 0.308 e. The molecule has 1 aromatic carbocycles. The van der Waals surface area contributed by atoms with Gasteiger partial charge < -0.3 is 10.0 Å². The SMILES string of the molecule is CCN(CC(C)C(=O)O)c1ccc(Cl)cc1Cl. The van der Waals surface area contributed by atoms with E-state index in [-0.39, 0.29) is 0 Å². The molecular formula is C12H15Cl2NO2. The molecule has 1 unspecified atom stereocenters. The third kappa shape index (κ3) is 3.79. The van der Waals surface area contributed by atoms with Crippen LogP contribution in [0.5, 0.6) is 0 Å². The highest BCUT2D eigenvalue weighted by Gasteiger charge is 2.17. The average molecular weight is 276 g/mol. The highest BCUT2D eigenvalue weighted by Crippen LogP contribution is 2.29. The fraction of sp³-hybridized carbons (Fsp3) is 0.417. The van der Waals surface area contributed by atoms with Gasteiger partial charge in [0.1, 0.15) is 0 Å². The van der Waals surface area contributed by atoms with Gasteiger partial charge in [-0.3, -0.25) is 4.79 Å². The number of aliphatic carboxylic acids is 1. The number of anilines is 1. The molecule has 0 heterocycles. The van der Waals surface area contributed by atoms with Crippen molar-refractivity contribution < 1.29 is 9.90 Å². The molecule has 1 atom stereocenters. The second-order valence-corrected chi connectivity index (χ2v) is 4.72. The van der Waals surface area contributed by atoms with Gasteiger partial charge >= 0.3 is 5.97 Å². The van der Waals surface area contributed by atoms with Crippen LogP contribution in [0.2, 0.25) is 10.0 Å². The summed E-state index contributed by atoms with van der Waals surface area (Å²) >= 11 is 11.9. The normalized spacial score (nSPS) is 12.2. The summed E-state index contributed by atoms with van der Waals surface area (Å²) in [6, 6.07) is 5.21. The van der Waals surface area contributed by atoms with E-state index in [2.05, 4.69) is 0 Å². The third-order valence-corrected chi connectivity index (χ3v) is 3.09. The first-order chi connectivity index (χ1) is 7.95. The number of halogens is 2. The number of hydrogen-bond acceptors (Lipinski definition) is 2. The van der Waals surface area contributed by atoms with E-state index in [4.69, 9.17) is 28.3 Å². The zero-order valence-electron chi connectivity index (χ0n) is 9.78. The van der Waals surface area contributed by atoms with E-state index < -0.39 is 11.9 Å². The maximum atomic E-state index is 10.8. The zero-order chi connectivity index (χ0) is 13.0. The molecule has 0 saturated heterocycles. The quantitative estimate of drug-likeness (QED) is 0.894. The second kappa shape index (κ2) is 6.12. The molecule has 0 aliphatic rings. The Labute approximate surface area is 111 Å². The summed E-state index contributed by atoms with van der Waals surface area (Å²) in [5, 5.41) is 10.0. The number of benzene rings is 1. The van der Waals surface area contributed by atoms with Crippen LogP contribution in [-0.4, -0.2) is 24.2 Å². The van der Waals surface area contributed by atoms with Gasteiger partial charge in [0.05, 0.1) is 16.6 Å². The van der Waals surface area contributed by atoms with Crippen LogP contribution in [0.15, 0.2) is 18.2 Å². The van der Waals surface area contributed by atoms with E-state index >= 15 is 0 Å². The topological polar surface area (TPSA) is 40.5 Å². The lowest BCUT2D eigenvalue weighted by Crippen LogP contribution is -2.31. The van der Waals surface area contributed by atoms with Gasteiger partial charge in [0, 0.05) is 18.1 Å². The van der Waals surface area contributed by atoms with Crippen LogP contribution in [0.1, 0.15) is 13.8 Å². The molecule has 0 fully saturated rings.